The Balaban J connectivity index is 2.45. The van der Waals surface area contributed by atoms with E-state index in [1.807, 2.05) is 17.9 Å². The van der Waals surface area contributed by atoms with Gasteiger partial charge in [-0.15, -0.1) is 0 Å². The van der Waals surface area contributed by atoms with E-state index in [1.165, 1.54) is 6.07 Å². The van der Waals surface area contributed by atoms with Crippen LogP contribution in [0.4, 0.5) is 10.1 Å². The van der Waals surface area contributed by atoms with Gasteiger partial charge < -0.3 is 16.0 Å². The largest absolute Gasteiger partial charge is 0.357 e. The molecule has 2 rings (SSSR count). The number of piperazine rings is 1. The van der Waals surface area contributed by atoms with Gasteiger partial charge in [-0.1, -0.05) is 13.0 Å². The molecule has 1 aliphatic rings. The summed E-state index contributed by atoms with van der Waals surface area (Å²) in [5.41, 5.74) is 7.09. The van der Waals surface area contributed by atoms with Gasteiger partial charge in [0.25, 0.3) is 0 Å². The first kappa shape index (κ1) is 13.8. The van der Waals surface area contributed by atoms with Gasteiger partial charge in [-0.25, -0.2) is 4.39 Å². The van der Waals surface area contributed by atoms with Crippen molar-refractivity contribution in [2.24, 2.45) is 5.73 Å². The fraction of sp³-hybridized carbons (Fsp3) is 0.500. The molecule has 19 heavy (non-hydrogen) atoms. The molecule has 1 aliphatic heterocycles. The Labute approximate surface area is 112 Å². The first-order valence-corrected chi connectivity index (χ1v) is 6.64. The number of rotatable bonds is 3. The first-order valence-electron chi connectivity index (χ1n) is 6.64. The van der Waals surface area contributed by atoms with Crippen LogP contribution < -0.4 is 16.0 Å². The van der Waals surface area contributed by atoms with Crippen LogP contribution in [-0.2, 0) is 4.79 Å². The van der Waals surface area contributed by atoms with Crippen LogP contribution in [0.5, 0.6) is 0 Å². The molecule has 3 N–H and O–H groups in total. The van der Waals surface area contributed by atoms with E-state index < -0.39 is 6.04 Å². The molecule has 1 heterocycles. The fourth-order valence-electron chi connectivity index (χ4n) is 2.64. The number of halogens is 1. The van der Waals surface area contributed by atoms with Gasteiger partial charge in [0.2, 0.25) is 5.91 Å². The van der Waals surface area contributed by atoms with Gasteiger partial charge >= 0.3 is 0 Å². The lowest BCUT2D eigenvalue weighted by atomic mass is 10.0. The van der Waals surface area contributed by atoms with Gasteiger partial charge in [0.1, 0.15) is 11.9 Å². The van der Waals surface area contributed by atoms with Gasteiger partial charge in [-0.3, -0.25) is 4.79 Å². The third-order valence-corrected chi connectivity index (χ3v) is 3.51. The van der Waals surface area contributed by atoms with Crippen molar-refractivity contribution in [3.8, 4) is 0 Å². The van der Waals surface area contributed by atoms with Crippen LogP contribution in [0.25, 0.3) is 0 Å². The van der Waals surface area contributed by atoms with Crippen molar-refractivity contribution in [3.63, 3.8) is 0 Å². The number of nitrogens with one attached hydrogen (secondary N) is 1. The highest BCUT2D eigenvalue weighted by Crippen LogP contribution is 2.30. The van der Waals surface area contributed by atoms with Gasteiger partial charge in [0.15, 0.2) is 0 Å². The van der Waals surface area contributed by atoms with Crippen molar-refractivity contribution in [3.05, 3.63) is 29.6 Å². The fourth-order valence-corrected chi connectivity index (χ4v) is 2.64. The average Bonchev–Trinajstić information content (AvgIpc) is 2.37. The predicted octanol–water partition coefficient (Wildman–Crippen LogP) is 1.56. The second kappa shape index (κ2) is 5.57. The van der Waals surface area contributed by atoms with E-state index in [9.17, 15) is 9.18 Å². The minimum atomic E-state index is -0.404. The third kappa shape index (κ3) is 2.56. The van der Waals surface area contributed by atoms with E-state index in [2.05, 4.69) is 5.32 Å². The zero-order valence-corrected chi connectivity index (χ0v) is 11.3. The molecule has 2 atom stereocenters. The summed E-state index contributed by atoms with van der Waals surface area (Å²) in [7, 11) is 0. The zero-order chi connectivity index (χ0) is 14.0. The number of hydrogen-bond donors (Lipinski definition) is 2. The lowest BCUT2D eigenvalue weighted by molar-refractivity contribution is -0.123. The van der Waals surface area contributed by atoms with E-state index in [-0.39, 0.29) is 17.8 Å². The molecule has 0 aromatic heterocycles. The summed E-state index contributed by atoms with van der Waals surface area (Å²) in [4.78, 5) is 13.9. The highest BCUT2D eigenvalue weighted by molar-refractivity contribution is 5.86. The molecule has 0 bridgehead atoms. The minimum absolute atomic E-state index is 0.00589. The normalized spacial score (nSPS) is 21.2. The SMILES string of the molecule is CCC1C(=O)NCCN1c1cccc(F)c1C(C)N. The van der Waals surface area contributed by atoms with Crippen molar-refractivity contribution < 1.29 is 9.18 Å². The minimum Gasteiger partial charge on any atom is -0.357 e. The molecule has 1 fully saturated rings. The molecule has 0 saturated carbocycles. The molecule has 1 saturated heterocycles. The maximum atomic E-state index is 14.0. The summed E-state index contributed by atoms with van der Waals surface area (Å²) in [6.45, 7) is 4.96. The van der Waals surface area contributed by atoms with Gasteiger partial charge in [-0.05, 0) is 25.5 Å². The molecular weight excluding hydrogens is 245 g/mol. The highest BCUT2D eigenvalue weighted by Gasteiger charge is 2.30. The van der Waals surface area contributed by atoms with Crippen LogP contribution in [0.2, 0.25) is 0 Å². The van der Waals surface area contributed by atoms with Crippen molar-refractivity contribution in [1.82, 2.24) is 5.32 Å². The van der Waals surface area contributed by atoms with Crippen molar-refractivity contribution in [2.45, 2.75) is 32.4 Å². The molecule has 4 nitrogen and oxygen atoms in total. The Morgan fingerprint density at radius 3 is 2.95 bits per heavy atom. The number of nitrogens with two attached hydrogens (primary N) is 1. The molecule has 104 valence electrons. The van der Waals surface area contributed by atoms with Crippen LogP contribution in [-0.4, -0.2) is 25.0 Å². The maximum Gasteiger partial charge on any atom is 0.242 e. The van der Waals surface area contributed by atoms with Crippen LogP contribution in [0.15, 0.2) is 18.2 Å². The second-order valence-electron chi connectivity index (χ2n) is 4.87. The first-order chi connectivity index (χ1) is 9.06. The Morgan fingerprint density at radius 2 is 2.32 bits per heavy atom. The molecule has 2 unspecified atom stereocenters. The van der Waals surface area contributed by atoms with Crippen molar-refractivity contribution in [1.29, 1.82) is 0 Å². The Hall–Kier alpha value is -1.62. The van der Waals surface area contributed by atoms with Crippen LogP contribution in [0.3, 0.4) is 0 Å². The zero-order valence-electron chi connectivity index (χ0n) is 11.3. The molecule has 5 heteroatoms. The molecule has 1 amide bonds. The molecular formula is C14H20FN3O. The smallest absolute Gasteiger partial charge is 0.242 e. The van der Waals surface area contributed by atoms with Crippen LogP contribution in [0.1, 0.15) is 31.9 Å². The number of benzene rings is 1. The quantitative estimate of drug-likeness (QED) is 0.872. The molecule has 0 spiro atoms. The summed E-state index contributed by atoms with van der Waals surface area (Å²) in [6, 6.07) is 4.25. The van der Waals surface area contributed by atoms with E-state index in [0.717, 1.165) is 5.69 Å². The van der Waals surface area contributed by atoms with Crippen molar-refractivity contribution >= 4 is 11.6 Å². The molecule has 0 radical (unpaired) electrons. The Kier molecular flexibility index (Phi) is 4.04. The molecule has 1 aromatic rings. The topological polar surface area (TPSA) is 58.4 Å². The number of hydrogen-bond acceptors (Lipinski definition) is 3. The lowest BCUT2D eigenvalue weighted by Gasteiger charge is -2.38. The number of nitrogens with zero attached hydrogens (tertiary/aromatic N) is 1. The molecule has 1 aromatic carbocycles. The highest BCUT2D eigenvalue weighted by atomic mass is 19.1. The van der Waals surface area contributed by atoms with E-state index in [1.54, 1.807) is 13.0 Å². The summed E-state index contributed by atoms with van der Waals surface area (Å²) >= 11 is 0. The third-order valence-electron chi connectivity index (χ3n) is 3.51. The summed E-state index contributed by atoms with van der Waals surface area (Å²) in [5.74, 6) is -0.318. The van der Waals surface area contributed by atoms with E-state index in [4.69, 9.17) is 5.73 Å². The monoisotopic (exact) mass is 265 g/mol. The van der Waals surface area contributed by atoms with Gasteiger partial charge in [-0.2, -0.15) is 0 Å². The number of anilines is 1. The number of amides is 1. The van der Waals surface area contributed by atoms with Gasteiger partial charge in [0, 0.05) is 30.4 Å². The molecule has 0 aliphatic carbocycles. The summed E-state index contributed by atoms with van der Waals surface area (Å²) < 4.78 is 14.0. The predicted molar refractivity (Wildman–Crippen MR) is 73.4 cm³/mol. The van der Waals surface area contributed by atoms with Crippen LogP contribution >= 0.6 is 0 Å². The Bertz CT molecular complexity index is 476. The standard InChI is InChI=1S/C14H20FN3O/c1-3-11-14(19)17-7-8-18(11)12-6-4-5-10(15)13(12)9(2)16/h4-6,9,11H,3,7-8,16H2,1-2H3,(H,17,19). The summed E-state index contributed by atoms with van der Waals surface area (Å²) in [6.07, 6.45) is 0.681. The average molecular weight is 265 g/mol. The summed E-state index contributed by atoms with van der Waals surface area (Å²) in [5, 5.41) is 2.84. The number of carbonyl (C=O) groups is 1. The van der Waals surface area contributed by atoms with Crippen molar-refractivity contribution in [2.75, 3.05) is 18.0 Å². The lowest BCUT2D eigenvalue weighted by Crippen LogP contribution is -2.55. The van der Waals surface area contributed by atoms with E-state index >= 15 is 0 Å². The second-order valence-corrected chi connectivity index (χ2v) is 4.87. The Morgan fingerprint density at radius 1 is 1.58 bits per heavy atom. The number of carbonyl (C=O) groups excluding carboxylic acids is 1. The van der Waals surface area contributed by atoms with Gasteiger partial charge in [0.05, 0.1) is 0 Å². The maximum absolute atomic E-state index is 14.0. The van der Waals surface area contributed by atoms with E-state index in [0.29, 0.717) is 25.1 Å². The van der Waals surface area contributed by atoms with Crippen LogP contribution in [0, 0.1) is 5.82 Å².